The minimum atomic E-state index is -0.982. The summed E-state index contributed by atoms with van der Waals surface area (Å²) < 4.78 is 0. The lowest BCUT2D eigenvalue weighted by Gasteiger charge is -2.25. The zero-order chi connectivity index (χ0) is 12.9. The van der Waals surface area contributed by atoms with Crippen LogP contribution >= 0.6 is 0 Å². The highest BCUT2D eigenvalue weighted by molar-refractivity contribution is 5.93. The number of aromatic nitrogens is 2. The maximum Gasteiger partial charge on any atom is 0.310 e. The molecule has 1 aromatic heterocycles. The molecule has 6 heteroatoms. The molecule has 94 valence electrons. The molecule has 0 unspecified atom stereocenters. The molecule has 1 aromatic rings. The average Bonchev–Trinajstić information content (AvgIpc) is 2.78. The lowest BCUT2D eigenvalue weighted by Crippen LogP contribution is -2.34. The normalized spacial score (nSPS) is 11.2. The molecule has 0 saturated heterocycles. The molecule has 3 N–H and O–H groups in total. The molecule has 0 aliphatic heterocycles. The molecule has 0 spiro atoms. The Hall–Kier alpha value is -1.85. The third kappa shape index (κ3) is 3.05. The van der Waals surface area contributed by atoms with E-state index in [9.17, 15) is 14.7 Å². The van der Waals surface area contributed by atoms with Gasteiger partial charge in [0.2, 0.25) is 5.91 Å². The molecule has 0 aliphatic rings. The Morgan fingerprint density at radius 2 is 2.12 bits per heavy atom. The third-order valence-electron chi connectivity index (χ3n) is 3.08. The molecule has 0 fully saturated rings. The number of nitrogens with zero attached hydrogens (tertiary/aromatic N) is 1. The van der Waals surface area contributed by atoms with Crippen LogP contribution in [0.2, 0.25) is 0 Å². The molecule has 1 rings (SSSR count). The number of H-pyrrole nitrogens is 1. The molecule has 0 aromatic carbocycles. The van der Waals surface area contributed by atoms with Gasteiger partial charge in [-0.1, -0.05) is 13.8 Å². The summed E-state index contributed by atoms with van der Waals surface area (Å²) in [7, 11) is 0. The lowest BCUT2D eigenvalue weighted by molar-refractivity contribution is -0.151. The van der Waals surface area contributed by atoms with E-state index in [1.807, 2.05) is 0 Å². The van der Waals surface area contributed by atoms with Gasteiger partial charge < -0.3 is 10.4 Å². The summed E-state index contributed by atoms with van der Waals surface area (Å²) in [6.07, 6.45) is 2.33. The number of carboxylic acid groups (broad SMARTS) is 1. The zero-order valence-corrected chi connectivity index (χ0v) is 9.99. The summed E-state index contributed by atoms with van der Waals surface area (Å²) >= 11 is 0. The molecule has 0 atom stereocenters. The Bertz CT molecular complexity index is 383. The highest BCUT2D eigenvalue weighted by atomic mass is 16.4. The van der Waals surface area contributed by atoms with E-state index in [0.717, 1.165) is 0 Å². The first-order chi connectivity index (χ1) is 8.04. The van der Waals surface area contributed by atoms with E-state index in [4.69, 9.17) is 0 Å². The fraction of sp³-hybridized carbons (Fsp3) is 0.545. The Morgan fingerprint density at radius 3 is 2.53 bits per heavy atom. The number of carbonyl (C=O) groups excluding carboxylic acids is 1. The summed E-state index contributed by atoms with van der Waals surface area (Å²) in [6, 6.07) is 1.61. The van der Waals surface area contributed by atoms with E-state index < -0.39 is 11.4 Å². The molecule has 0 aliphatic carbocycles. The SMILES string of the molecule is CCC(CC)(CC(=O)Nc1ccn[nH]1)C(=O)O. The maximum atomic E-state index is 11.7. The Kier molecular flexibility index (Phi) is 4.25. The molecule has 0 radical (unpaired) electrons. The minimum Gasteiger partial charge on any atom is -0.481 e. The first-order valence-electron chi connectivity index (χ1n) is 5.56. The van der Waals surface area contributed by atoms with Gasteiger partial charge in [0.15, 0.2) is 0 Å². The van der Waals surface area contributed by atoms with Gasteiger partial charge in [-0.05, 0) is 12.8 Å². The van der Waals surface area contributed by atoms with Crippen LogP contribution in [-0.4, -0.2) is 27.2 Å². The first-order valence-corrected chi connectivity index (χ1v) is 5.56. The van der Waals surface area contributed by atoms with Crippen LogP contribution in [0.5, 0.6) is 0 Å². The van der Waals surface area contributed by atoms with Gasteiger partial charge in [-0.25, -0.2) is 0 Å². The second-order valence-corrected chi connectivity index (χ2v) is 3.99. The average molecular weight is 239 g/mol. The van der Waals surface area contributed by atoms with Crippen LogP contribution in [0.15, 0.2) is 12.3 Å². The molecular weight excluding hydrogens is 222 g/mol. The smallest absolute Gasteiger partial charge is 0.310 e. The van der Waals surface area contributed by atoms with Crippen LogP contribution in [0.3, 0.4) is 0 Å². The molecule has 17 heavy (non-hydrogen) atoms. The largest absolute Gasteiger partial charge is 0.481 e. The predicted molar refractivity (Wildman–Crippen MR) is 62.5 cm³/mol. The Labute approximate surface area is 99.4 Å². The monoisotopic (exact) mass is 239 g/mol. The number of carboxylic acids is 1. The van der Waals surface area contributed by atoms with Crippen molar-refractivity contribution in [1.29, 1.82) is 0 Å². The van der Waals surface area contributed by atoms with Crippen molar-refractivity contribution < 1.29 is 14.7 Å². The fourth-order valence-electron chi connectivity index (χ4n) is 1.71. The minimum absolute atomic E-state index is 0.0334. The standard InChI is InChI=1S/C11H17N3O3/c1-3-11(4-2,10(16)17)7-9(15)13-8-5-6-12-14-8/h5-6H,3-4,7H2,1-2H3,(H,16,17)(H2,12,13,14,15). The van der Waals surface area contributed by atoms with Gasteiger partial charge in [0.05, 0.1) is 11.6 Å². The van der Waals surface area contributed by atoms with E-state index in [1.165, 1.54) is 6.20 Å². The summed E-state index contributed by atoms with van der Waals surface area (Å²) in [6.45, 7) is 3.56. The van der Waals surface area contributed by atoms with E-state index in [2.05, 4.69) is 15.5 Å². The predicted octanol–water partition coefficient (Wildman–Crippen LogP) is 1.63. The van der Waals surface area contributed by atoms with Crippen LogP contribution in [0.4, 0.5) is 5.82 Å². The second-order valence-electron chi connectivity index (χ2n) is 3.99. The van der Waals surface area contributed by atoms with Gasteiger partial charge in [0, 0.05) is 12.5 Å². The van der Waals surface area contributed by atoms with E-state index in [1.54, 1.807) is 19.9 Å². The Morgan fingerprint density at radius 1 is 1.47 bits per heavy atom. The molecule has 6 nitrogen and oxygen atoms in total. The number of hydrogen-bond acceptors (Lipinski definition) is 3. The fourth-order valence-corrected chi connectivity index (χ4v) is 1.71. The number of aromatic amines is 1. The van der Waals surface area contributed by atoms with Gasteiger partial charge in [-0.2, -0.15) is 5.10 Å². The topological polar surface area (TPSA) is 95.1 Å². The van der Waals surface area contributed by atoms with Crippen molar-refractivity contribution >= 4 is 17.7 Å². The van der Waals surface area contributed by atoms with Gasteiger partial charge in [0.25, 0.3) is 0 Å². The molecule has 0 saturated carbocycles. The van der Waals surface area contributed by atoms with Crippen LogP contribution in [0.25, 0.3) is 0 Å². The van der Waals surface area contributed by atoms with Crippen molar-refractivity contribution in [3.05, 3.63) is 12.3 Å². The van der Waals surface area contributed by atoms with Crippen LogP contribution < -0.4 is 5.32 Å². The lowest BCUT2D eigenvalue weighted by atomic mass is 9.79. The van der Waals surface area contributed by atoms with Crippen LogP contribution in [0.1, 0.15) is 33.1 Å². The van der Waals surface area contributed by atoms with Crippen molar-refractivity contribution in [1.82, 2.24) is 10.2 Å². The molecular formula is C11H17N3O3. The summed E-state index contributed by atoms with van der Waals surface area (Å²) in [5.41, 5.74) is -0.982. The molecule has 1 heterocycles. The van der Waals surface area contributed by atoms with Crippen LogP contribution in [0, 0.1) is 5.41 Å². The summed E-state index contributed by atoms with van der Waals surface area (Å²) in [4.78, 5) is 22.9. The number of amides is 1. The van der Waals surface area contributed by atoms with Crippen molar-refractivity contribution in [2.24, 2.45) is 5.41 Å². The van der Waals surface area contributed by atoms with E-state index in [-0.39, 0.29) is 12.3 Å². The molecule has 1 amide bonds. The Balaban J connectivity index is 2.68. The highest BCUT2D eigenvalue weighted by Gasteiger charge is 2.37. The van der Waals surface area contributed by atoms with Gasteiger partial charge >= 0.3 is 5.97 Å². The van der Waals surface area contributed by atoms with Crippen LogP contribution in [-0.2, 0) is 9.59 Å². The maximum absolute atomic E-state index is 11.7. The van der Waals surface area contributed by atoms with Crippen molar-refractivity contribution in [3.63, 3.8) is 0 Å². The molecule has 0 bridgehead atoms. The number of nitrogens with one attached hydrogen (secondary N) is 2. The number of hydrogen-bond donors (Lipinski definition) is 3. The van der Waals surface area contributed by atoms with Gasteiger partial charge in [0.1, 0.15) is 5.82 Å². The van der Waals surface area contributed by atoms with Crippen molar-refractivity contribution in [3.8, 4) is 0 Å². The first kappa shape index (κ1) is 13.2. The van der Waals surface area contributed by atoms with Crippen molar-refractivity contribution in [2.45, 2.75) is 33.1 Å². The number of rotatable bonds is 6. The number of anilines is 1. The quantitative estimate of drug-likeness (QED) is 0.703. The second kappa shape index (κ2) is 5.47. The summed E-state index contributed by atoms with van der Waals surface area (Å²) in [5.74, 6) is -0.774. The van der Waals surface area contributed by atoms with E-state index in [0.29, 0.717) is 18.7 Å². The van der Waals surface area contributed by atoms with Gasteiger partial charge in [-0.15, -0.1) is 0 Å². The van der Waals surface area contributed by atoms with Gasteiger partial charge in [-0.3, -0.25) is 14.7 Å². The number of carbonyl (C=O) groups is 2. The third-order valence-corrected chi connectivity index (χ3v) is 3.08. The van der Waals surface area contributed by atoms with E-state index >= 15 is 0 Å². The zero-order valence-electron chi connectivity index (χ0n) is 9.99. The summed E-state index contributed by atoms with van der Waals surface area (Å²) in [5, 5.41) is 18.1. The highest BCUT2D eigenvalue weighted by Crippen LogP contribution is 2.31. The number of aliphatic carboxylic acids is 1. The van der Waals surface area contributed by atoms with Crippen molar-refractivity contribution in [2.75, 3.05) is 5.32 Å².